The first-order chi connectivity index (χ1) is 14.4. The van der Waals surface area contributed by atoms with Crippen LogP contribution in [0.15, 0.2) is 36.5 Å². The van der Waals surface area contributed by atoms with E-state index in [-0.39, 0.29) is 17.9 Å². The molecule has 2 atom stereocenters. The lowest BCUT2D eigenvalue weighted by Crippen LogP contribution is -2.57. The van der Waals surface area contributed by atoms with Gasteiger partial charge in [0.05, 0.1) is 17.3 Å². The molecule has 160 valence electrons. The summed E-state index contributed by atoms with van der Waals surface area (Å²) in [7, 11) is 1.91. The summed E-state index contributed by atoms with van der Waals surface area (Å²) in [5.74, 6) is -0.142. The number of likely N-dealkylation sites (tertiary alicyclic amines) is 1. The third-order valence-electron chi connectivity index (χ3n) is 6.62. The fraction of sp³-hybridized carbons (Fsp3) is 0.522. The van der Waals surface area contributed by atoms with E-state index in [0.717, 1.165) is 48.9 Å². The minimum Gasteiger partial charge on any atom is -0.348 e. The summed E-state index contributed by atoms with van der Waals surface area (Å²) in [5, 5.41) is 7.31. The second-order valence-electron chi connectivity index (χ2n) is 8.71. The highest BCUT2D eigenvalue weighted by Gasteiger charge is 2.45. The Morgan fingerprint density at radius 3 is 2.50 bits per heavy atom. The molecule has 2 unspecified atom stereocenters. The van der Waals surface area contributed by atoms with Crippen molar-refractivity contribution in [1.82, 2.24) is 20.0 Å². The Labute approximate surface area is 177 Å². The van der Waals surface area contributed by atoms with Crippen molar-refractivity contribution >= 4 is 11.8 Å². The zero-order valence-corrected chi connectivity index (χ0v) is 17.8. The van der Waals surface area contributed by atoms with Crippen molar-refractivity contribution in [2.75, 3.05) is 6.54 Å². The monoisotopic (exact) mass is 409 g/mol. The van der Waals surface area contributed by atoms with Crippen LogP contribution in [-0.2, 0) is 16.6 Å². The van der Waals surface area contributed by atoms with Crippen LogP contribution in [0.5, 0.6) is 0 Å². The number of aromatic nitrogens is 2. The number of nitrogens with two attached hydrogens (primary N) is 1. The van der Waals surface area contributed by atoms with Gasteiger partial charge in [0.2, 0.25) is 11.8 Å². The molecule has 30 heavy (non-hydrogen) atoms. The second-order valence-corrected chi connectivity index (χ2v) is 8.71. The molecule has 3 N–H and O–H groups in total. The van der Waals surface area contributed by atoms with Crippen LogP contribution in [0.2, 0.25) is 0 Å². The normalized spacial score (nSPS) is 21.6. The average Bonchev–Trinajstić information content (AvgIpc) is 3.48. The van der Waals surface area contributed by atoms with Gasteiger partial charge in [-0.15, -0.1) is 0 Å². The first-order valence-electron chi connectivity index (χ1n) is 10.9. The van der Waals surface area contributed by atoms with Crippen LogP contribution in [0.4, 0.5) is 0 Å². The van der Waals surface area contributed by atoms with Gasteiger partial charge in [-0.25, -0.2) is 0 Å². The van der Waals surface area contributed by atoms with Crippen molar-refractivity contribution in [3.8, 4) is 11.3 Å². The van der Waals surface area contributed by atoms with E-state index in [9.17, 15) is 9.59 Å². The zero-order chi connectivity index (χ0) is 21.3. The Morgan fingerprint density at radius 2 is 1.87 bits per heavy atom. The Morgan fingerprint density at radius 1 is 1.17 bits per heavy atom. The SMILES string of the molecule is CC(NC(=O)C1CCCN1C(=O)C1(N)CCCC1)c1ccc(-c2ccnn2C)cc1. The van der Waals surface area contributed by atoms with E-state index in [0.29, 0.717) is 13.0 Å². The molecule has 1 saturated carbocycles. The molecule has 7 nitrogen and oxygen atoms in total. The highest BCUT2D eigenvalue weighted by atomic mass is 16.2. The van der Waals surface area contributed by atoms with Gasteiger partial charge < -0.3 is 16.0 Å². The zero-order valence-electron chi connectivity index (χ0n) is 17.8. The van der Waals surface area contributed by atoms with Crippen LogP contribution in [0, 0.1) is 0 Å². The van der Waals surface area contributed by atoms with E-state index in [2.05, 4.69) is 10.4 Å². The Bertz CT molecular complexity index is 914. The van der Waals surface area contributed by atoms with E-state index >= 15 is 0 Å². The lowest BCUT2D eigenvalue weighted by Gasteiger charge is -2.32. The van der Waals surface area contributed by atoms with Gasteiger partial charge in [0.1, 0.15) is 6.04 Å². The molecule has 2 amide bonds. The summed E-state index contributed by atoms with van der Waals surface area (Å²) in [6, 6.07) is 9.54. The number of nitrogens with one attached hydrogen (secondary N) is 1. The maximum absolute atomic E-state index is 13.0. The van der Waals surface area contributed by atoms with Crippen LogP contribution < -0.4 is 11.1 Å². The van der Waals surface area contributed by atoms with Gasteiger partial charge in [-0.2, -0.15) is 5.10 Å². The molecular formula is C23H31N5O2. The molecule has 1 aromatic carbocycles. The van der Waals surface area contributed by atoms with Gasteiger partial charge in [0, 0.05) is 19.8 Å². The van der Waals surface area contributed by atoms with Crippen molar-refractivity contribution in [2.24, 2.45) is 12.8 Å². The summed E-state index contributed by atoms with van der Waals surface area (Å²) >= 11 is 0. The average molecular weight is 410 g/mol. The van der Waals surface area contributed by atoms with E-state index in [1.54, 1.807) is 11.1 Å². The third-order valence-corrected chi connectivity index (χ3v) is 6.62. The van der Waals surface area contributed by atoms with Crippen molar-refractivity contribution in [1.29, 1.82) is 0 Å². The van der Waals surface area contributed by atoms with Crippen LogP contribution in [0.1, 0.15) is 57.1 Å². The van der Waals surface area contributed by atoms with Crippen molar-refractivity contribution < 1.29 is 9.59 Å². The fourth-order valence-corrected chi connectivity index (χ4v) is 4.78. The number of rotatable bonds is 5. The van der Waals surface area contributed by atoms with Gasteiger partial charge in [-0.05, 0) is 49.8 Å². The number of benzene rings is 1. The molecule has 0 spiro atoms. The number of hydrogen-bond donors (Lipinski definition) is 2. The number of aryl methyl sites for hydroxylation is 1. The summed E-state index contributed by atoms with van der Waals surface area (Å²) < 4.78 is 1.83. The molecule has 2 fully saturated rings. The minimum atomic E-state index is -0.782. The molecule has 0 radical (unpaired) electrons. The molecule has 1 saturated heterocycles. The van der Waals surface area contributed by atoms with Crippen molar-refractivity contribution in [2.45, 2.75) is 63.1 Å². The lowest BCUT2D eigenvalue weighted by molar-refractivity contribution is -0.142. The van der Waals surface area contributed by atoms with E-state index in [4.69, 9.17) is 5.73 Å². The van der Waals surface area contributed by atoms with Gasteiger partial charge >= 0.3 is 0 Å². The molecule has 4 rings (SSSR count). The smallest absolute Gasteiger partial charge is 0.243 e. The van der Waals surface area contributed by atoms with Crippen LogP contribution in [0.25, 0.3) is 11.3 Å². The van der Waals surface area contributed by atoms with Gasteiger partial charge in [-0.3, -0.25) is 14.3 Å². The Hall–Kier alpha value is -2.67. The molecule has 2 heterocycles. The maximum Gasteiger partial charge on any atom is 0.243 e. The molecule has 7 heteroatoms. The molecule has 1 aromatic heterocycles. The molecule has 2 aromatic rings. The summed E-state index contributed by atoms with van der Waals surface area (Å²) in [6.07, 6.45) is 6.72. The van der Waals surface area contributed by atoms with Gasteiger partial charge in [-0.1, -0.05) is 37.1 Å². The quantitative estimate of drug-likeness (QED) is 0.794. The first kappa shape index (κ1) is 20.6. The third kappa shape index (κ3) is 3.86. The van der Waals surface area contributed by atoms with Gasteiger partial charge in [0.25, 0.3) is 0 Å². The van der Waals surface area contributed by atoms with E-state index < -0.39 is 11.6 Å². The molecule has 0 bridgehead atoms. The lowest BCUT2D eigenvalue weighted by atomic mass is 9.96. The summed E-state index contributed by atoms with van der Waals surface area (Å²) in [6.45, 7) is 2.59. The topological polar surface area (TPSA) is 93.2 Å². The molecular weight excluding hydrogens is 378 g/mol. The Balaban J connectivity index is 1.41. The number of amides is 2. The van der Waals surface area contributed by atoms with Gasteiger partial charge in [0.15, 0.2) is 0 Å². The van der Waals surface area contributed by atoms with Crippen LogP contribution in [0.3, 0.4) is 0 Å². The summed E-state index contributed by atoms with van der Waals surface area (Å²) in [4.78, 5) is 27.8. The fourth-order valence-electron chi connectivity index (χ4n) is 4.78. The predicted molar refractivity (Wildman–Crippen MR) is 115 cm³/mol. The van der Waals surface area contributed by atoms with Crippen LogP contribution >= 0.6 is 0 Å². The summed E-state index contributed by atoms with van der Waals surface area (Å²) in [5.41, 5.74) is 8.74. The van der Waals surface area contributed by atoms with Crippen LogP contribution in [-0.4, -0.2) is 44.6 Å². The number of carbonyl (C=O) groups is 2. The Kier molecular flexibility index (Phi) is 5.64. The highest BCUT2D eigenvalue weighted by Crippen LogP contribution is 2.32. The van der Waals surface area contributed by atoms with E-state index in [1.807, 2.05) is 49.0 Å². The number of hydrogen-bond acceptors (Lipinski definition) is 4. The maximum atomic E-state index is 13.0. The molecule has 1 aliphatic heterocycles. The second kappa shape index (κ2) is 8.22. The number of nitrogens with zero attached hydrogens (tertiary/aromatic N) is 3. The predicted octanol–water partition coefficient (Wildman–Crippen LogP) is 2.53. The van der Waals surface area contributed by atoms with E-state index in [1.165, 1.54) is 0 Å². The largest absolute Gasteiger partial charge is 0.348 e. The molecule has 2 aliphatic rings. The molecule has 1 aliphatic carbocycles. The van der Waals surface area contributed by atoms with Crippen molar-refractivity contribution in [3.63, 3.8) is 0 Å². The van der Waals surface area contributed by atoms with Crippen molar-refractivity contribution in [3.05, 3.63) is 42.1 Å². The highest BCUT2D eigenvalue weighted by molar-refractivity contribution is 5.92. The minimum absolute atomic E-state index is 0.0502. The standard InChI is InChI=1S/C23H31N5O2/c1-16(17-7-9-18(10-8-17)19-11-14-25-27(19)2)26-21(29)20-6-5-15-28(20)22(30)23(24)12-3-4-13-23/h7-11,14,16,20H,3-6,12-13,15,24H2,1-2H3,(H,26,29). The number of carbonyl (C=O) groups excluding carboxylic acids is 2. The first-order valence-corrected chi connectivity index (χ1v) is 10.9.